The van der Waals surface area contributed by atoms with Crippen LogP contribution in [0.4, 0.5) is 14.6 Å². The number of halogens is 2. The third-order valence-corrected chi connectivity index (χ3v) is 9.23. The molecule has 0 radical (unpaired) electrons. The van der Waals surface area contributed by atoms with E-state index in [2.05, 4.69) is 10.3 Å². The van der Waals surface area contributed by atoms with Gasteiger partial charge in [0.15, 0.2) is 5.65 Å². The van der Waals surface area contributed by atoms with Crippen molar-refractivity contribution >= 4 is 28.7 Å². The molecule has 10 heteroatoms. The van der Waals surface area contributed by atoms with Crippen LogP contribution < -0.4 is 15.6 Å². The molecule has 3 atom stereocenters. The van der Waals surface area contributed by atoms with Gasteiger partial charge in [-0.1, -0.05) is 0 Å². The number of hydrogen-bond acceptors (Lipinski definition) is 5. The van der Waals surface area contributed by atoms with Gasteiger partial charge in [0.1, 0.15) is 23.0 Å². The molecule has 2 N–H and O–H groups in total. The second kappa shape index (κ2) is 8.67. The summed E-state index contributed by atoms with van der Waals surface area (Å²) in [5.41, 5.74) is -1.06. The smallest absolute Gasteiger partial charge is 0.257 e. The predicted molar refractivity (Wildman–Crippen MR) is 139 cm³/mol. The number of anilines is 1. The Morgan fingerprint density at radius 3 is 2.54 bits per heavy atom. The maximum Gasteiger partial charge on any atom is 0.257 e. The fourth-order valence-electron chi connectivity index (χ4n) is 7.70. The van der Waals surface area contributed by atoms with E-state index < -0.39 is 29.1 Å². The van der Waals surface area contributed by atoms with Crippen LogP contribution in [0.1, 0.15) is 55.3 Å². The molecule has 3 heterocycles. The summed E-state index contributed by atoms with van der Waals surface area (Å²) in [5, 5.41) is 13.1. The van der Waals surface area contributed by atoms with Gasteiger partial charge >= 0.3 is 0 Å². The third kappa shape index (κ3) is 3.95. The van der Waals surface area contributed by atoms with Crippen molar-refractivity contribution in [3.8, 4) is 5.69 Å². The molecule has 4 aliphatic carbocycles. The molecule has 5 aliphatic rings. The van der Waals surface area contributed by atoms with Crippen LogP contribution in [0.2, 0.25) is 0 Å². The number of amides is 2. The van der Waals surface area contributed by atoms with E-state index in [1.807, 2.05) is 0 Å². The molecule has 2 amide bonds. The Morgan fingerprint density at radius 1 is 1.08 bits per heavy atom. The summed E-state index contributed by atoms with van der Waals surface area (Å²) in [6.07, 6.45) is 6.01. The van der Waals surface area contributed by atoms with Gasteiger partial charge in [-0.2, -0.15) is 0 Å². The highest BCUT2D eigenvalue weighted by Crippen LogP contribution is 2.59. The van der Waals surface area contributed by atoms with Crippen LogP contribution >= 0.6 is 0 Å². The second-order valence-corrected chi connectivity index (χ2v) is 11.8. The Labute approximate surface area is 222 Å². The summed E-state index contributed by atoms with van der Waals surface area (Å²) in [5.74, 6) is -0.409. The standard InChI is InChI=1S/C29H28F2N4O4/c30-18-1-3-23(22(31)9-18)35-14-21(28(39)33-29-11-15-7-16(12-29)17(8-15)13-29)26(38)20-2-4-24(32-27(20)35)34-6-5-19(36)10-25(34)37/h1-4,9,14-17,19,36H,5-8,10-13H2,(H,33,39). The largest absolute Gasteiger partial charge is 0.393 e. The van der Waals surface area contributed by atoms with E-state index >= 15 is 4.39 Å². The first kappa shape index (κ1) is 24.4. The van der Waals surface area contributed by atoms with Crippen molar-refractivity contribution in [2.45, 2.75) is 56.6 Å². The predicted octanol–water partition coefficient (Wildman–Crippen LogP) is 3.46. The average Bonchev–Trinajstić information content (AvgIpc) is 3.30. The van der Waals surface area contributed by atoms with E-state index in [-0.39, 0.29) is 52.5 Å². The number of nitrogens with one attached hydrogen (secondary N) is 1. The van der Waals surface area contributed by atoms with Crippen LogP contribution in [-0.4, -0.2) is 44.7 Å². The van der Waals surface area contributed by atoms with E-state index in [1.165, 1.54) is 46.7 Å². The molecule has 5 fully saturated rings. The normalized spacial score (nSPS) is 29.4. The summed E-state index contributed by atoms with van der Waals surface area (Å²) in [4.78, 5) is 45.8. The summed E-state index contributed by atoms with van der Waals surface area (Å²) in [6.45, 7) is 0.235. The second-order valence-electron chi connectivity index (χ2n) is 11.8. The Bertz CT molecular complexity index is 1580. The van der Waals surface area contributed by atoms with Gasteiger partial charge in [0.05, 0.1) is 23.6 Å². The fraction of sp³-hybridized carbons (Fsp3) is 0.448. The monoisotopic (exact) mass is 534 g/mol. The van der Waals surface area contributed by atoms with Crippen molar-refractivity contribution in [1.82, 2.24) is 14.9 Å². The number of pyridine rings is 2. The summed E-state index contributed by atoms with van der Waals surface area (Å²) in [7, 11) is 0. The van der Waals surface area contributed by atoms with Crippen LogP contribution in [0, 0.1) is 29.4 Å². The highest BCUT2D eigenvalue weighted by atomic mass is 19.1. The number of aromatic nitrogens is 2. The van der Waals surface area contributed by atoms with Gasteiger partial charge in [0.2, 0.25) is 11.3 Å². The minimum Gasteiger partial charge on any atom is -0.393 e. The van der Waals surface area contributed by atoms with E-state index in [4.69, 9.17) is 0 Å². The molecule has 39 heavy (non-hydrogen) atoms. The number of carbonyl (C=O) groups excluding carboxylic acids is 2. The van der Waals surface area contributed by atoms with Gasteiger partial charge < -0.3 is 10.4 Å². The molecular weight excluding hydrogens is 506 g/mol. The molecule has 4 saturated carbocycles. The summed E-state index contributed by atoms with van der Waals surface area (Å²) < 4.78 is 30.1. The topological polar surface area (TPSA) is 105 Å². The average molecular weight is 535 g/mol. The molecule has 3 unspecified atom stereocenters. The van der Waals surface area contributed by atoms with Crippen molar-refractivity contribution < 1.29 is 23.5 Å². The summed E-state index contributed by atoms with van der Waals surface area (Å²) >= 11 is 0. The Hall–Kier alpha value is -3.66. The molecule has 202 valence electrons. The van der Waals surface area contributed by atoms with Gasteiger partial charge in [0.25, 0.3) is 5.91 Å². The lowest BCUT2D eigenvalue weighted by atomic mass is 9.75. The summed E-state index contributed by atoms with van der Waals surface area (Å²) in [6, 6.07) is 6.04. The third-order valence-electron chi connectivity index (χ3n) is 9.23. The minimum absolute atomic E-state index is 0.0384. The first-order valence-electron chi connectivity index (χ1n) is 13.5. The zero-order valence-corrected chi connectivity index (χ0v) is 21.2. The van der Waals surface area contributed by atoms with E-state index in [0.717, 1.165) is 31.4 Å². The number of carbonyl (C=O) groups is 2. The number of fused-ring (bicyclic) bond motifs is 1. The number of piperidine rings is 1. The van der Waals surface area contributed by atoms with Crippen molar-refractivity contribution in [2.24, 2.45) is 17.8 Å². The first-order chi connectivity index (χ1) is 18.7. The van der Waals surface area contributed by atoms with E-state index in [1.54, 1.807) is 0 Å². The van der Waals surface area contributed by atoms with Crippen LogP contribution in [0.25, 0.3) is 16.7 Å². The van der Waals surface area contributed by atoms with Crippen LogP contribution in [0.15, 0.2) is 41.3 Å². The molecule has 3 aromatic rings. The molecular formula is C29H28F2N4O4. The van der Waals surface area contributed by atoms with Gasteiger partial charge in [-0.25, -0.2) is 13.8 Å². The maximum atomic E-state index is 15.0. The van der Waals surface area contributed by atoms with Crippen molar-refractivity contribution in [2.75, 3.05) is 11.4 Å². The molecule has 1 saturated heterocycles. The molecule has 2 aromatic heterocycles. The lowest BCUT2D eigenvalue weighted by molar-refractivity contribution is -0.122. The number of hydrogen-bond donors (Lipinski definition) is 2. The molecule has 0 spiro atoms. The Kier molecular flexibility index (Phi) is 5.42. The highest BCUT2D eigenvalue weighted by Gasteiger charge is 2.56. The van der Waals surface area contributed by atoms with Crippen LogP contribution in [0.3, 0.4) is 0 Å². The van der Waals surface area contributed by atoms with Gasteiger partial charge in [-0.3, -0.25) is 23.9 Å². The number of aliphatic hydroxyl groups is 1. The van der Waals surface area contributed by atoms with Gasteiger partial charge in [0, 0.05) is 24.3 Å². The fourth-order valence-corrected chi connectivity index (χ4v) is 7.70. The minimum atomic E-state index is -0.889. The molecule has 8 rings (SSSR count). The zero-order valence-electron chi connectivity index (χ0n) is 21.2. The first-order valence-corrected chi connectivity index (χ1v) is 13.5. The van der Waals surface area contributed by atoms with Crippen molar-refractivity contribution in [3.05, 3.63) is 63.9 Å². The van der Waals surface area contributed by atoms with Crippen molar-refractivity contribution in [1.29, 1.82) is 0 Å². The molecule has 4 bridgehead atoms. The Morgan fingerprint density at radius 2 is 1.85 bits per heavy atom. The Balaban J connectivity index is 1.34. The molecule has 8 nitrogen and oxygen atoms in total. The van der Waals surface area contributed by atoms with Crippen LogP contribution in [-0.2, 0) is 4.79 Å². The van der Waals surface area contributed by atoms with Gasteiger partial charge in [-0.15, -0.1) is 0 Å². The van der Waals surface area contributed by atoms with E-state index in [0.29, 0.717) is 24.2 Å². The van der Waals surface area contributed by atoms with Gasteiger partial charge in [-0.05, 0) is 80.5 Å². The number of benzene rings is 1. The lowest BCUT2D eigenvalue weighted by Gasteiger charge is -2.39. The number of nitrogens with zero attached hydrogens (tertiary/aromatic N) is 3. The SMILES string of the molecule is O=C(NC12CC3CC(C1)C(C3)C2)c1cn(-c2ccc(F)cc2F)c2nc(N3CCC(O)CC3=O)ccc2c1=O. The molecule has 1 aromatic carbocycles. The molecule has 1 aliphatic heterocycles. The number of aliphatic hydroxyl groups excluding tert-OH is 1. The number of rotatable bonds is 4. The zero-order chi connectivity index (χ0) is 27.1. The van der Waals surface area contributed by atoms with Crippen molar-refractivity contribution in [3.63, 3.8) is 0 Å². The maximum absolute atomic E-state index is 15.0. The van der Waals surface area contributed by atoms with Crippen LogP contribution in [0.5, 0.6) is 0 Å². The highest BCUT2D eigenvalue weighted by molar-refractivity contribution is 5.99. The quantitative estimate of drug-likeness (QED) is 0.534. The lowest BCUT2D eigenvalue weighted by Crippen LogP contribution is -2.51. The van der Waals surface area contributed by atoms with E-state index in [9.17, 15) is 23.9 Å².